The van der Waals surface area contributed by atoms with Crippen LogP contribution in [0.3, 0.4) is 0 Å². The lowest BCUT2D eigenvalue weighted by molar-refractivity contribution is 0.0720. The Morgan fingerprint density at radius 2 is 1.90 bits per heavy atom. The van der Waals surface area contributed by atoms with E-state index in [4.69, 9.17) is 18.5 Å². The van der Waals surface area contributed by atoms with Gasteiger partial charge in [-0.05, 0) is 31.0 Å². The van der Waals surface area contributed by atoms with Crippen LogP contribution in [0.25, 0.3) is 11.3 Å². The lowest BCUT2D eigenvalue weighted by atomic mass is 10.1. The Labute approximate surface area is 174 Å². The number of hydrogen-bond donors (Lipinski definition) is 0. The molecule has 158 valence electrons. The molecule has 30 heavy (non-hydrogen) atoms. The van der Waals surface area contributed by atoms with Gasteiger partial charge in [0.15, 0.2) is 23.0 Å². The van der Waals surface area contributed by atoms with Crippen molar-refractivity contribution in [2.24, 2.45) is 0 Å². The third-order valence-corrected chi connectivity index (χ3v) is 5.37. The zero-order valence-corrected chi connectivity index (χ0v) is 17.5. The van der Waals surface area contributed by atoms with Crippen molar-refractivity contribution in [1.82, 2.24) is 15.2 Å². The highest BCUT2D eigenvalue weighted by Crippen LogP contribution is 2.35. The molecule has 3 heterocycles. The maximum Gasteiger partial charge on any atom is 0.276 e. The minimum Gasteiger partial charge on any atom is -0.493 e. The normalized spacial score (nSPS) is 16.3. The molecule has 0 saturated carbocycles. The Hall–Kier alpha value is -3.29. The second-order valence-corrected chi connectivity index (χ2v) is 7.61. The third kappa shape index (κ3) is 3.65. The van der Waals surface area contributed by atoms with Crippen molar-refractivity contribution in [2.75, 3.05) is 20.8 Å². The highest BCUT2D eigenvalue weighted by molar-refractivity contribution is 5.93. The van der Waals surface area contributed by atoms with E-state index >= 15 is 0 Å². The summed E-state index contributed by atoms with van der Waals surface area (Å²) in [6.07, 6.45) is 1.75. The van der Waals surface area contributed by atoms with Crippen LogP contribution in [-0.4, -0.2) is 41.9 Å². The maximum atomic E-state index is 13.1. The van der Waals surface area contributed by atoms with Crippen LogP contribution in [0.5, 0.6) is 11.5 Å². The third-order valence-electron chi connectivity index (χ3n) is 5.37. The number of nitrogens with zero attached hydrogens (tertiary/aromatic N) is 3. The van der Waals surface area contributed by atoms with E-state index in [2.05, 4.69) is 10.3 Å². The van der Waals surface area contributed by atoms with Crippen molar-refractivity contribution < 1.29 is 23.3 Å². The van der Waals surface area contributed by atoms with E-state index in [9.17, 15) is 4.79 Å². The van der Waals surface area contributed by atoms with Crippen LogP contribution in [0.1, 0.15) is 60.6 Å². The van der Waals surface area contributed by atoms with Gasteiger partial charge in [0.1, 0.15) is 11.5 Å². The van der Waals surface area contributed by atoms with Crippen LogP contribution in [0, 0.1) is 0 Å². The molecule has 0 radical (unpaired) electrons. The molecule has 1 aromatic carbocycles. The van der Waals surface area contributed by atoms with E-state index < -0.39 is 0 Å². The highest BCUT2D eigenvalue weighted by atomic mass is 16.5. The summed E-state index contributed by atoms with van der Waals surface area (Å²) in [5, 5.41) is 8.21. The highest BCUT2D eigenvalue weighted by Gasteiger charge is 2.34. The Morgan fingerprint density at radius 1 is 1.10 bits per heavy atom. The first-order valence-corrected chi connectivity index (χ1v) is 9.98. The van der Waals surface area contributed by atoms with Gasteiger partial charge in [-0.3, -0.25) is 4.79 Å². The van der Waals surface area contributed by atoms with Gasteiger partial charge in [0.05, 0.1) is 20.3 Å². The summed E-state index contributed by atoms with van der Waals surface area (Å²) in [6, 6.07) is 8.88. The van der Waals surface area contributed by atoms with Gasteiger partial charge >= 0.3 is 0 Å². The summed E-state index contributed by atoms with van der Waals surface area (Å²) in [4.78, 5) is 14.9. The molecule has 4 rings (SSSR count). The predicted molar refractivity (Wildman–Crippen MR) is 109 cm³/mol. The molecule has 1 unspecified atom stereocenters. The van der Waals surface area contributed by atoms with Crippen LogP contribution < -0.4 is 9.47 Å². The number of likely N-dealkylation sites (tertiary alicyclic amines) is 1. The van der Waals surface area contributed by atoms with Crippen molar-refractivity contribution in [3.05, 3.63) is 47.5 Å². The number of hydrogen-bond acceptors (Lipinski definition) is 7. The fourth-order valence-corrected chi connectivity index (χ4v) is 3.70. The summed E-state index contributed by atoms with van der Waals surface area (Å²) in [5.41, 5.74) is 1.79. The molecule has 0 aliphatic carbocycles. The fourth-order valence-electron chi connectivity index (χ4n) is 3.70. The second-order valence-electron chi connectivity index (χ2n) is 7.61. The molecule has 2 aromatic heterocycles. The van der Waals surface area contributed by atoms with Gasteiger partial charge < -0.3 is 23.4 Å². The average molecular weight is 411 g/mol. The fraction of sp³-hybridized carbons (Fsp3) is 0.409. The van der Waals surface area contributed by atoms with Crippen LogP contribution in [-0.2, 0) is 0 Å². The van der Waals surface area contributed by atoms with Gasteiger partial charge in [0.25, 0.3) is 5.91 Å². The van der Waals surface area contributed by atoms with Gasteiger partial charge in [-0.2, -0.15) is 0 Å². The van der Waals surface area contributed by atoms with Crippen molar-refractivity contribution in [1.29, 1.82) is 0 Å². The number of carbonyl (C=O) groups excluding carboxylic acids is 1. The number of ether oxygens (including phenoxy) is 2. The van der Waals surface area contributed by atoms with Crippen molar-refractivity contribution in [2.45, 2.75) is 38.6 Å². The Balaban J connectivity index is 1.56. The summed E-state index contributed by atoms with van der Waals surface area (Å²) in [6.45, 7) is 4.74. The Kier molecular flexibility index (Phi) is 5.48. The molecule has 8 nitrogen and oxygen atoms in total. The molecule has 0 spiro atoms. The molecule has 1 fully saturated rings. The van der Waals surface area contributed by atoms with Gasteiger partial charge in [-0.25, -0.2) is 0 Å². The van der Waals surface area contributed by atoms with E-state index in [0.29, 0.717) is 23.8 Å². The summed E-state index contributed by atoms with van der Waals surface area (Å²) in [5.74, 6) is 2.56. The number of benzene rings is 1. The largest absolute Gasteiger partial charge is 0.493 e. The van der Waals surface area contributed by atoms with E-state index in [1.165, 1.54) is 0 Å². The Bertz CT molecular complexity index is 1040. The minimum absolute atomic E-state index is 0.116. The smallest absolute Gasteiger partial charge is 0.276 e. The summed E-state index contributed by atoms with van der Waals surface area (Å²) in [7, 11) is 3.15. The molecule has 1 saturated heterocycles. The number of rotatable bonds is 6. The van der Waals surface area contributed by atoms with Crippen molar-refractivity contribution in [3.63, 3.8) is 0 Å². The maximum absolute atomic E-state index is 13.1. The van der Waals surface area contributed by atoms with Crippen LogP contribution in [0.4, 0.5) is 0 Å². The zero-order chi connectivity index (χ0) is 21.3. The summed E-state index contributed by atoms with van der Waals surface area (Å²) >= 11 is 0. The van der Waals surface area contributed by atoms with Crippen molar-refractivity contribution in [3.8, 4) is 22.8 Å². The van der Waals surface area contributed by atoms with Crippen LogP contribution in [0.2, 0.25) is 0 Å². The second kappa shape index (κ2) is 8.22. The molecule has 1 amide bonds. The molecular weight excluding hydrogens is 386 g/mol. The topological polar surface area (TPSA) is 90.8 Å². The van der Waals surface area contributed by atoms with E-state index in [1.54, 1.807) is 37.3 Å². The number of amides is 1. The van der Waals surface area contributed by atoms with Crippen LogP contribution in [0.15, 0.2) is 39.4 Å². The quantitative estimate of drug-likeness (QED) is 0.592. The molecule has 1 atom stereocenters. The van der Waals surface area contributed by atoms with E-state index in [-0.39, 0.29) is 23.6 Å². The number of carbonyl (C=O) groups is 1. The van der Waals surface area contributed by atoms with Crippen molar-refractivity contribution >= 4 is 5.91 Å². The molecule has 1 aliphatic heterocycles. The van der Waals surface area contributed by atoms with E-state index in [1.807, 2.05) is 26.0 Å². The monoisotopic (exact) mass is 411 g/mol. The average Bonchev–Trinajstić information content (AvgIpc) is 3.52. The Morgan fingerprint density at radius 3 is 2.60 bits per heavy atom. The molecule has 8 heteroatoms. The standard InChI is InChI=1S/C22H25N3O5/c1-13(2)19-11-15(23-29-19)17-6-5-9-25(17)22(26)16-12-20(30-24-16)14-7-8-18(27-3)21(10-14)28-4/h7-8,10-13,17H,5-6,9H2,1-4H3. The van der Waals surface area contributed by atoms with Gasteiger partial charge in [-0.1, -0.05) is 24.2 Å². The summed E-state index contributed by atoms with van der Waals surface area (Å²) < 4.78 is 21.5. The predicted octanol–water partition coefficient (Wildman–Crippen LogP) is 4.45. The molecular formula is C22H25N3O5. The van der Waals surface area contributed by atoms with E-state index in [0.717, 1.165) is 29.9 Å². The zero-order valence-electron chi connectivity index (χ0n) is 17.5. The van der Waals surface area contributed by atoms with Gasteiger partial charge in [0, 0.05) is 30.2 Å². The lowest BCUT2D eigenvalue weighted by Crippen LogP contribution is -2.30. The lowest BCUT2D eigenvalue weighted by Gasteiger charge is -2.21. The SMILES string of the molecule is COc1ccc(-c2cc(C(=O)N3CCCC3c3cc(C(C)C)on3)no2)cc1OC. The number of methoxy groups -OCH3 is 2. The van der Waals surface area contributed by atoms with Gasteiger partial charge in [0.2, 0.25) is 0 Å². The molecule has 1 aliphatic rings. The van der Waals surface area contributed by atoms with Crippen LogP contribution >= 0.6 is 0 Å². The first-order chi connectivity index (χ1) is 14.5. The first-order valence-electron chi connectivity index (χ1n) is 9.98. The molecule has 0 N–H and O–H groups in total. The minimum atomic E-state index is -0.179. The first kappa shape index (κ1) is 20.0. The number of aromatic nitrogens is 2. The molecule has 3 aromatic rings. The van der Waals surface area contributed by atoms with Gasteiger partial charge in [-0.15, -0.1) is 0 Å². The molecule has 0 bridgehead atoms.